The molecule has 4 rings (SSSR count). The molecule has 0 radical (unpaired) electrons. The van der Waals surface area contributed by atoms with Gasteiger partial charge >= 0.3 is 0 Å². The molecule has 1 amide bonds. The van der Waals surface area contributed by atoms with E-state index >= 15 is 0 Å². The zero-order valence-corrected chi connectivity index (χ0v) is 19.5. The largest absolute Gasteiger partial charge is 0.397 e. The second-order valence-electron chi connectivity index (χ2n) is 8.87. The Bertz CT molecular complexity index is 1140. The van der Waals surface area contributed by atoms with Crippen LogP contribution in [0.25, 0.3) is 11.2 Å². The first-order valence-electron chi connectivity index (χ1n) is 11.4. The van der Waals surface area contributed by atoms with Crippen molar-refractivity contribution in [2.24, 2.45) is 0 Å². The molecule has 3 heterocycles. The SMILES string of the molecule is Cc1cccc(CCC(=O)NCCN(C)C[C@H]2O[C@@H](n3cnc4c(N)ccnc43)[C@H](O)[C@@H]2O)c1. The second-order valence-corrected chi connectivity index (χ2v) is 8.87. The number of ether oxygens (including phenoxy) is 1. The number of nitrogen functional groups attached to an aromatic ring is 1. The molecule has 0 saturated carbocycles. The van der Waals surface area contributed by atoms with E-state index in [9.17, 15) is 15.0 Å². The summed E-state index contributed by atoms with van der Waals surface area (Å²) < 4.78 is 7.58. The van der Waals surface area contributed by atoms with E-state index in [-0.39, 0.29) is 5.91 Å². The van der Waals surface area contributed by atoms with Crippen LogP contribution in [-0.2, 0) is 16.0 Å². The van der Waals surface area contributed by atoms with E-state index in [1.165, 1.54) is 11.9 Å². The molecule has 5 N–H and O–H groups in total. The van der Waals surface area contributed by atoms with Crippen LogP contribution in [0.2, 0.25) is 0 Å². The molecule has 34 heavy (non-hydrogen) atoms. The number of amides is 1. The number of carbonyl (C=O) groups is 1. The van der Waals surface area contributed by atoms with Crippen molar-refractivity contribution in [2.45, 2.75) is 44.3 Å². The predicted octanol–water partition coefficient (Wildman–Crippen LogP) is 0.622. The Kier molecular flexibility index (Phi) is 7.42. The molecule has 2 aromatic heterocycles. The molecular formula is C24H32N6O4. The first-order chi connectivity index (χ1) is 16.3. The Hall–Kier alpha value is -3.05. The predicted molar refractivity (Wildman–Crippen MR) is 128 cm³/mol. The van der Waals surface area contributed by atoms with Gasteiger partial charge in [-0.05, 0) is 32.0 Å². The summed E-state index contributed by atoms with van der Waals surface area (Å²) in [7, 11) is 1.88. The number of aliphatic hydroxyl groups is 2. The Labute approximate surface area is 198 Å². The van der Waals surface area contributed by atoms with Gasteiger partial charge in [-0.3, -0.25) is 9.36 Å². The van der Waals surface area contributed by atoms with Crippen LogP contribution >= 0.6 is 0 Å². The molecule has 1 saturated heterocycles. The normalized spacial score (nSPS) is 22.5. The molecular weight excluding hydrogens is 436 g/mol. The molecule has 0 unspecified atom stereocenters. The highest BCUT2D eigenvalue weighted by Gasteiger charge is 2.44. The summed E-state index contributed by atoms with van der Waals surface area (Å²) in [6.07, 6.45) is 0.558. The number of imidazole rings is 1. The van der Waals surface area contributed by atoms with Crippen LogP contribution < -0.4 is 11.1 Å². The summed E-state index contributed by atoms with van der Waals surface area (Å²) >= 11 is 0. The van der Waals surface area contributed by atoms with Crippen molar-refractivity contribution < 1.29 is 19.7 Å². The number of nitrogens with one attached hydrogen (secondary N) is 1. The zero-order valence-electron chi connectivity index (χ0n) is 19.5. The lowest BCUT2D eigenvalue weighted by Crippen LogP contribution is -2.41. The fourth-order valence-corrected chi connectivity index (χ4v) is 4.25. The minimum atomic E-state index is -1.14. The van der Waals surface area contributed by atoms with Crippen LogP contribution in [0, 0.1) is 6.92 Å². The van der Waals surface area contributed by atoms with Crippen molar-refractivity contribution in [1.82, 2.24) is 24.8 Å². The summed E-state index contributed by atoms with van der Waals surface area (Å²) in [5, 5.41) is 24.1. The number of pyridine rings is 1. The van der Waals surface area contributed by atoms with Crippen LogP contribution in [-0.4, -0.2) is 80.5 Å². The van der Waals surface area contributed by atoms with Crippen LogP contribution in [0.5, 0.6) is 0 Å². The number of hydrogen-bond donors (Lipinski definition) is 4. The first kappa shape index (κ1) is 24.1. The molecule has 1 aromatic carbocycles. The van der Waals surface area contributed by atoms with E-state index < -0.39 is 24.5 Å². The Morgan fingerprint density at radius 3 is 2.88 bits per heavy atom. The minimum Gasteiger partial charge on any atom is -0.397 e. The first-order valence-corrected chi connectivity index (χ1v) is 11.4. The average molecular weight is 469 g/mol. The molecule has 10 heteroatoms. The highest BCUT2D eigenvalue weighted by atomic mass is 16.6. The van der Waals surface area contributed by atoms with Gasteiger partial charge in [-0.2, -0.15) is 0 Å². The van der Waals surface area contributed by atoms with Gasteiger partial charge in [-0.1, -0.05) is 29.8 Å². The van der Waals surface area contributed by atoms with Gasteiger partial charge in [0, 0.05) is 32.3 Å². The lowest BCUT2D eigenvalue weighted by Gasteiger charge is -2.22. The van der Waals surface area contributed by atoms with E-state index in [1.807, 2.05) is 37.1 Å². The van der Waals surface area contributed by atoms with Crippen molar-refractivity contribution in [2.75, 3.05) is 32.4 Å². The van der Waals surface area contributed by atoms with Gasteiger partial charge in [-0.25, -0.2) is 9.97 Å². The standard InChI is InChI=1S/C24H32N6O4/c1-15-4-3-5-16(12-15)6-7-19(31)26-10-11-29(2)13-18-21(32)22(33)24(34-18)30-14-28-20-17(25)8-9-27-23(20)30/h3-5,8-9,12,14,18,21-22,24,32-33H,6-7,10-11,13H2,1-2H3,(H2,25,27)(H,26,31)/t18-,21-,22-,24-/m1/s1. The second kappa shape index (κ2) is 10.5. The number of anilines is 1. The Morgan fingerprint density at radius 1 is 1.26 bits per heavy atom. The maximum absolute atomic E-state index is 12.2. The topological polar surface area (TPSA) is 139 Å². The fourth-order valence-electron chi connectivity index (χ4n) is 4.25. The molecule has 10 nitrogen and oxygen atoms in total. The number of benzene rings is 1. The van der Waals surface area contributed by atoms with Crippen molar-refractivity contribution >= 4 is 22.8 Å². The molecule has 0 bridgehead atoms. The number of carbonyl (C=O) groups excluding carboxylic acids is 1. The van der Waals surface area contributed by atoms with Crippen LogP contribution in [0.4, 0.5) is 5.69 Å². The van der Waals surface area contributed by atoms with Gasteiger partial charge < -0.3 is 30.9 Å². The third kappa shape index (κ3) is 5.36. The summed E-state index contributed by atoms with van der Waals surface area (Å²) in [6.45, 7) is 3.48. The van der Waals surface area contributed by atoms with E-state index in [4.69, 9.17) is 10.5 Å². The van der Waals surface area contributed by atoms with Gasteiger partial charge in [-0.15, -0.1) is 0 Å². The molecule has 1 aliphatic heterocycles. The van der Waals surface area contributed by atoms with Crippen LogP contribution in [0.1, 0.15) is 23.8 Å². The van der Waals surface area contributed by atoms with Crippen molar-refractivity contribution in [3.8, 4) is 0 Å². The number of fused-ring (bicyclic) bond motifs is 1. The molecule has 4 atom stereocenters. The molecule has 0 aliphatic carbocycles. The Balaban J connectivity index is 1.25. The minimum absolute atomic E-state index is 0.00121. The molecule has 1 fully saturated rings. The maximum atomic E-state index is 12.2. The third-order valence-electron chi connectivity index (χ3n) is 6.13. The Morgan fingerprint density at radius 2 is 2.09 bits per heavy atom. The summed E-state index contributed by atoms with van der Waals surface area (Å²) in [5.41, 5.74) is 9.76. The zero-order chi connectivity index (χ0) is 24.2. The average Bonchev–Trinajstić information content (AvgIpc) is 3.35. The third-order valence-corrected chi connectivity index (χ3v) is 6.13. The van der Waals surface area contributed by atoms with Crippen molar-refractivity contribution in [3.63, 3.8) is 0 Å². The molecule has 0 spiro atoms. The summed E-state index contributed by atoms with van der Waals surface area (Å²) in [5.74, 6) is 0.00121. The number of aromatic nitrogens is 3. The number of aryl methyl sites for hydroxylation is 2. The van der Waals surface area contributed by atoms with E-state index in [2.05, 4.69) is 21.4 Å². The molecule has 1 aliphatic rings. The number of nitrogens with zero attached hydrogens (tertiary/aromatic N) is 4. The van der Waals surface area contributed by atoms with Gasteiger partial charge in [0.05, 0.1) is 12.0 Å². The van der Waals surface area contributed by atoms with Gasteiger partial charge in [0.1, 0.15) is 23.8 Å². The highest BCUT2D eigenvalue weighted by Crippen LogP contribution is 2.32. The van der Waals surface area contributed by atoms with Gasteiger partial charge in [0.2, 0.25) is 5.91 Å². The quantitative estimate of drug-likeness (QED) is 0.359. The number of rotatable bonds is 9. The molecule has 182 valence electrons. The smallest absolute Gasteiger partial charge is 0.220 e. The summed E-state index contributed by atoms with van der Waals surface area (Å²) in [4.78, 5) is 22.7. The van der Waals surface area contributed by atoms with Crippen molar-refractivity contribution in [1.29, 1.82) is 0 Å². The van der Waals surface area contributed by atoms with E-state index in [0.717, 1.165) is 5.56 Å². The molecule has 3 aromatic rings. The summed E-state index contributed by atoms with van der Waals surface area (Å²) in [6, 6.07) is 9.81. The van der Waals surface area contributed by atoms with Crippen molar-refractivity contribution in [3.05, 3.63) is 54.0 Å². The van der Waals surface area contributed by atoms with E-state index in [0.29, 0.717) is 49.3 Å². The number of aliphatic hydroxyl groups excluding tert-OH is 2. The van der Waals surface area contributed by atoms with Crippen LogP contribution in [0.15, 0.2) is 42.9 Å². The number of hydrogen-bond acceptors (Lipinski definition) is 8. The van der Waals surface area contributed by atoms with E-state index in [1.54, 1.807) is 16.8 Å². The lowest BCUT2D eigenvalue weighted by atomic mass is 10.1. The number of nitrogens with two attached hydrogens (primary N) is 1. The number of likely N-dealkylation sites (N-methyl/N-ethyl adjacent to an activating group) is 1. The fraction of sp³-hybridized carbons (Fsp3) is 0.458. The van der Waals surface area contributed by atoms with Gasteiger partial charge in [0.15, 0.2) is 11.9 Å². The maximum Gasteiger partial charge on any atom is 0.220 e. The highest BCUT2D eigenvalue weighted by molar-refractivity contribution is 5.83. The van der Waals surface area contributed by atoms with Gasteiger partial charge in [0.25, 0.3) is 0 Å². The van der Waals surface area contributed by atoms with Crippen LogP contribution in [0.3, 0.4) is 0 Å². The monoisotopic (exact) mass is 468 g/mol. The lowest BCUT2D eigenvalue weighted by molar-refractivity contribution is -0.121.